The summed E-state index contributed by atoms with van der Waals surface area (Å²) in [4.78, 5) is 28.7. The third kappa shape index (κ3) is 5.45. The minimum absolute atomic E-state index is 0.157. The summed E-state index contributed by atoms with van der Waals surface area (Å²) in [6.07, 6.45) is 6.48. The Bertz CT molecular complexity index is 1420. The van der Waals surface area contributed by atoms with Crippen molar-refractivity contribution in [2.24, 2.45) is 0 Å². The third-order valence-electron chi connectivity index (χ3n) is 8.95. The quantitative estimate of drug-likeness (QED) is 0.324. The van der Waals surface area contributed by atoms with Crippen LogP contribution in [0.15, 0.2) is 66.5 Å². The normalized spacial score (nSPS) is 25.1. The molecule has 0 bridgehead atoms. The predicted molar refractivity (Wildman–Crippen MR) is 155 cm³/mol. The zero-order valence-corrected chi connectivity index (χ0v) is 24.5. The van der Waals surface area contributed by atoms with Crippen molar-refractivity contribution < 1.29 is 43.1 Å². The second-order valence-corrected chi connectivity index (χ2v) is 11.4. The number of hydrogen-bond acceptors (Lipinski definition) is 10. The lowest BCUT2D eigenvalue weighted by molar-refractivity contribution is -0.177. The standard InChI is InChI=1S/C33H37NO9/c1-38-27-19-32-12-8-14-34(32)15-11-22-17-25-26(42-21-41-25)18-24(22)29(32)30(27)43-31(36)33(37,20-28(35)39-2)13-6-7-16-40-23-9-4-3-5-10-23/h3-7,9-10,17-19,29-30,37H,8,11-16,20-21H2,1-2H3/b7-6+/t29-,30-,32+,33-/m1/s1. The van der Waals surface area contributed by atoms with Crippen molar-refractivity contribution in [2.75, 3.05) is 40.7 Å². The molecule has 4 atom stereocenters. The molecule has 1 N–H and O–H groups in total. The minimum atomic E-state index is -2.16. The van der Waals surface area contributed by atoms with Gasteiger partial charge in [0.05, 0.1) is 32.1 Å². The number of para-hydroxylation sites is 1. The highest BCUT2D eigenvalue weighted by molar-refractivity contribution is 5.86. The number of ether oxygens (including phenoxy) is 6. The van der Waals surface area contributed by atoms with Crippen LogP contribution in [0.4, 0.5) is 0 Å². The maximum Gasteiger partial charge on any atom is 0.339 e. The second kappa shape index (κ2) is 11.9. The first kappa shape index (κ1) is 29.1. The molecule has 2 aromatic carbocycles. The number of esters is 2. The number of rotatable bonds is 10. The minimum Gasteiger partial charge on any atom is -0.497 e. The van der Waals surface area contributed by atoms with Gasteiger partial charge in [0.2, 0.25) is 6.79 Å². The highest BCUT2D eigenvalue weighted by atomic mass is 16.7. The van der Waals surface area contributed by atoms with Gasteiger partial charge >= 0.3 is 11.9 Å². The molecule has 1 fully saturated rings. The average molecular weight is 592 g/mol. The fourth-order valence-corrected chi connectivity index (χ4v) is 6.87. The van der Waals surface area contributed by atoms with Crippen LogP contribution >= 0.6 is 0 Å². The zero-order chi connectivity index (χ0) is 30.0. The largest absolute Gasteiger partial charge is 0.497 e. The Morgan fingerprint density at radius 2 is 1.91 bits per heavy atom. The van der Waals surface area contributed by atoms with Gasteiger partial charge in [-0.3, -0.25) is 9.69 Å². The number of carbonyl (C=O) groups excluding carboxylic acids is 2. The SMILES string of the molecule is COC(=O)C[C@](O)(C/C=C/COc1ccccc1)C(=O)O[C@@H]1C(OC)=C[C@]23CCCN2CCc2cc4c(cc2[C@H]13)OCO4. The van der Waals surface area contributed by atoms with E-state index in [0.717, 1.165) is 43.5 Å². The molecule has 228 valence electrons. The van der Waals surface area contributed by atoms with E-state index in [1.54, 1.807) is 19.3 Å². The highest BCUT2D eigenvalue weighted by Crippen LogP contribution is 2.55. The molecule has 1 saturated heterocycles. The Labute approximate surface area is 250 Å². The van der Waals surface area contributed by atoms with Crippen molar-refractivity contribution in [1.82, 2.24) is 4.90 Å². The molecule has 3 heterocycles. The summed E-state index contributed by atoms with van der Waals surface area (Å²) in [7, 11) is 2.77. The van der Waals surface area contributed by atoms with E-state index < -0.39 is 35.6 Å². The number of aliphatic hydroxyl groups is 1. The fourth-order valence-electron chi connectivity index (χ4n) is 6.87. The van der Waals surface area contributed by atoms with E-state index in [2.05, 4.69) is 11.0 Å². The van der Waals surface area contributed by atoms with Crippen LogP contribution in [0.3, 0.4) is 0 Å². The van der Waals surface area contributed by atoms with Gasteiger partial charge in [0, 0.05) is 13.0 Å². The molecule has 1 aliphatic carbocycles. The van der Waals surface area contributed by atoms with Gasteiger partial charge in [-0.05, 0) is 67.3 Å². The van der Waals surface area contributed by atoms with E-state index in [1.165, 1.54) is 7.11 Å². The van der Waals surface area contributed by atoms with Crippen molar-refractivity contribution in [2.45, 2.75) is 55.3 Å². The summed E-state index contributed by atoms with van der Waals surface area (Å²) in [5.74, 6) is 0.609. The van der Waals surface area contributed by atoms with Gasteiger partial charge < -0.3 is 33.5 Å². The van der Waals surface area contributed by atoms with Crippen LogP contribution in [0.25, 0.3) is 0 Å². The van der Waals surface area contributed by atoms with Crippen molar-refractivity contribution in [1.29, 1.82) is 0 Å². The average Bonchev–Trinajstić information content (AvgIpc) is 3.71. The molecule has 0 amide bonds. The fraction of sp³-hybridized carbons (Fsp3) is 0.455. The molecule has 0 radical (unpaired) electrons. The summed E-state index contributed by atoms with van der Waals surface area (Å²) in [5, 5.41) is 11.6. The topological polar surface area (TPSA) is 113 Å². The molecule has 43 heavy (non-hydrogen) atoms. The molecular formula is C33H37NO9. The van der Waals surface area contributed by atoms with E-state index in [1.807, 2.05) is 42.5 Å². The van der Waals surface area contributed by atoms with E-state index in [4.69, 9.17) is 28.4 Å². The molecule has 3 aliphatic heterocycles. The Balaban J connectivity index is 1.28. The van der Waals surface area contributed by atoms with Crippen molar-refractivity contribution in [3.63, 3.8) is 0 Å². The first-order valence-corrected chi connectivity index (χ1v) is 14.6. The molecule has 6 rings (SSSR count). The summed E-state index contributed by atoms with van der Waals surface area (Å²) in [5.41, 5.74) is -0.488. The van der Waals surface area contributed by atoms with Crippen LogP contribution in [-0.4, -0.2) is 79.9 Å². The Kier molecular flexibility index (Phi) is 8.07. The van der Waals surface area contributed by atoms with Crippen LogP contribution in [-0.2, 0) is 30.2 Å². The van der Waals surface area contributed by atoms with Gasteiger partial charge in [-0.15, -0.1) is 0 Å². The maximum atomic E-state index is 13.9. The van der Waals surface area contributed by atoms with Gasteiger partial charge in [-0.2, -0.15) is 0 Å². The lowest BCUT2D eigenvalue weighted by Crippen LogP contribution is -2.49. The predicted octanol–water partition coefficient (Wildman–Crippen LogP) is 3.66. The zero-order valence-electron chi connectivity index (χ0n) is 24.5. The number of fused-ring (bicyclic) bond motifs is 3. The van der Waals surface area contributed by atoms with E-state index in [9.17, 15) is 14.7 Å². The maximum absolute atomic E-state index is 13.9. The molecular weight excluding hydrogens is 554 g/mol. The molecule has 0 unspecified atom stereocenters. The monoisotopic (exact) mass is 591 g/mol. The number of hydrogen-bond donors (Lipinski definition) is 1. The summed E-state index contributed by atoms with van der Waals surface area (Å²) >= 11 is 0. The molecule has 0 saturated carbocycles. The third-order valence-corrected chi connectivity index (χ3v) is 8.95. The summed E-state index contributed by atoms with van der Waals surface area (Å²) < 4.78 is 33.9. The molecule has 2 aromatic rings. The first-order chi connectivity index (χ1) is 20.9. The smallest absolute Gasteiger partial charge is 0.339 e. The van der Waals surface area contributed by atoms with Crippen LogP contribution in [0.5, 0.6) is 17.2 Å². The molecule has 10 heteroatoms. The summed E-state index contributed by atoms with van der Waals surface area (Å²) in [6.45, 7) is 2.12. The number of benzene rings is 2. The van der Waals surface area contributed by atoms with Crippen molar-refractivity contribution in [3.05, 3.63) is 77.6 Å². The van der Waals surface area contributed by atoms with Crippen molar-refractivity contribution in [3.8, 4) is 17.2 Å². The van der Waals surface area contributed by atoms with Gasteiger partial charge in [0.15, 0.2) is 23.2 Å². The molecule has 1 spiro atoms. The lowest BCUT2D eigenvalue weighted by Gasteiger charge is -2.39. The van der Waals surface area contributed by atoms with Crippen molar-refractivity contribution >= 4 is 11.9 Å². The highest BCUT2D eigenvalue weighted by Gasteiger charge is 2.59. The Morgan fingerprint density at radius 1 is 1.12 bits per heavy atom. The first-order valence-electron chi connectivity index (χ1n) is 14.6. The lowest BCUT2D eigenvalue weighted by atomic mass is 9.77. The van der Waals surface area contributed by atoms with Gasteiger partial charge in [0.1, 0.15) is 18.1 Å². The number of methoxy groups -OCH3 is 2. The number of nitrogens with zero attached hydrogens (tertiary/aromatic N) is 1. The van der Waals surface area contributed by atoms with Crippen LogP contribution < -0.4 is 14.2 Å². The Hall–Kier alpha value is -4.02. The second-order valence-electron chi connectivity index (χ2n) is 11.4. The van der Waals surface area contributed by atoms with E-state index in [-0.39, 0.29) is 25.7 Å². The Morgan fingerprint density at radius 3 is 2.67 bits per heavy atom. The van der Waals surface area contributed by atoms with Gasteiger partial charge in [0.25, 0.3) is 0 Å². The molecule has 0 aromatic heterocycles. The van der Waals surface area contributed by atoms with Crippen LogP contribution in [0.1, 0.15) is 42.7 Å². The summed E-state index contributed by atoms with van der Waals surface area (Å²) in [6, 6.07) is 13.3. The van der Waals surface area contributed by atoms with Gasteiger partial charge in [-0.1, -0.05) is 30.4 Å². The molecule has 10 nitrogen and oxygen atoms in total. The number of carbonyl (C=O) groups is 2. The van der Waals surface area contributed by atoms with Crippen LogP contribution in [0, 0.1) is 0 Å². The molecule has 4 aliphatic rings. The van der Waals surface area contributed by atoms with E-state index in [0.29, 0.717) is 23.0 Å². The van der Waals surface area contributed by atoms with E-state index >= 15 is 0 Å². The van der Waals surface area contributed by atoms with Gasteiger partial charge in [-0.25, -0.2) is 4.79 Å². The van der Waals surface area contributed by atoms with Crippen LogP contribution in [0.2, 0.25) is 0 Å².